The first-order valence-electron chi connectivity index (χ1n) is 9.93. The van der Waals surface area contributed by atoms with Gasteiger partial charge in [0.05, 0.1) is 23.5 Å². The van der Waals surface area contributed by atoms with Gasteiger partial charge in [-0.1, -0.05) is 48.5 Å². The van der Waals surface area contributed by atoms with Gasteiger partial charge in [0.25, 0.3) is 5.91 Å². The van der Waals surface area contributed by atoms with Crippen molar-refractivity contribution in [1.29, 1.82) is 0 Å². The molecule has 31 heavy (non-hydrogen) atoms. The van der Waals surface area contributed by atoms with Gasteiger partial charge >= 0.3 is 5.97 Å². The summed E-state index contributed by atoms with van der Waals surface area (Å²) in [4.78, 5) is 38.4. The van der Waals surface area contributed by atoms with Crippen LogP contribution in [0.15, 0.2) is 66.9 Å². The molecule has 0 saturated carbocycles. The minimum atomic E-state index is -0.943. The van der Waals surface area contributed by atoms with Gasteiger partial charge in [-0.05, 0) is 17.7 Å². The van der Waals surface area contributed by atoms with E-state index in [4.69, 9.17) is 0 Å². The van der Waals surface area contributed by atoms with E-state index in [0.717, 1.165) is 11.3 Å². The van der Waals surface area contributed by atoms with E-state index in [0.29, 0.717) is 0 Å². The average Bonchev–Trinajstić information content (AvgIpc) is 3.39. The number of nitrogens with one attached hydrogen (secondary N) is 1. The molecule has 4 rings (SSSR count). The van der Waals surface area contributed by atoms with Crippen LogP contribution in [0.5, 0.6) is 0 Å². The molecule has 2 atom stereocenters. The molecule has 3 aromatic rings. The molecule has 8 nitrogen and oxygen atoms in total. The first-order chi connectivity index (χ1) is 14.9. The standard InChI is InChI=1S/C23H22N4O4/c1-15(28)24-20-14-27(17-10-6-3-7-11-17)25-21(20)22(29)26-12-18(19(13-26)23(30)31)16-8-4-2-5-9-16/h2-11,14,18-19H,12-13H2,1H3,(H,24,28)(H,30,31)/t18-,19+/m0/s1. The molecular weight excluding hydrogens is 396 g/mol. The smallest absolute Gasteiger partial charge is 0.308 e. The van der Waals surface area contributed by atoms with Crippen molar-refractivity contribution in [1.82, 2.24) is 14.7 Å². The Balaban J connectivity index is 1.66. The second-order valence-electron chi connectivity index (χ2n) is 7.52. The Labute approximate surface area is 179 Å². The minimum Gasteiger partial charge on any atom is -0.481 e. The number of carboxylic acids is 1. The van der Waals surface area contributed by atoms with E-state index >= 15 is 0 Å². The van der Waals surface area contributed by atoms with Crippen molar-refractivity contribution in [3.05, 3.63) is 78.1 Å². The number of para-hydroxylation sites is 1. The van der Waals surface area contributed by atoms with Crippen LogP contribution in [0, 0.1) is 5.92 Å². The van der Waals surface area contributed by atoms with E-state index in [-0.39, 0.29) is 36.3 Å². The number of nitrogens with zero attached hydrogens (tertiary/aromatic N) is 3. The molecule has 0 unspecified atom stereocenters. The molecule has 8 heteroatoms. The number of carbonyl (C=O) groups excluding carboxylic acids is 2. The molecule has 158 valence electrons. The fraction of sp³-hybridized carbons (Fsp3) is 0.217. The molecular formula is C23H22N4O4. The highest BCUT2D eigenvalue weighted by Crippen LogP contribution is 2.34. The lowest BCUT2D eigenvalue weighted by atomic mass is 9.89. The van der Waals surface area contributed by atoms with Gasteiger partial charge in [-0.15, -0.1) is 0 Å². The van der Waals surface area contributed by atoms with Crippen LogP contribution in [0.25, 0.3) is 5.69 Å². The summed E-state index contributed by atoms with van der Waals surface area (Å²) in [5.74, 6) is -2.72. The van der Waals surface area contributed by atoms with Gasteiger partial charge in [-0.3, -0.25) is 14.4 Å². The van der Waals surface area contributed by atoms with Gasteiger partial charge in [0, 0.05) is 25.9 Å². The number of amides is 2. The number of benzene rings is 2. The largest absolute Gasteiger partial charge is 0.481 e. The summed E-state index contributed by atoms with van der Waals surface area (Å²) in [6.07, 6.45) is 1.59. The summed E-state index contributed by atoms with van der Waals surface area (Å²) in [6, 6.07) is 18.6. The molecule has 2 heterocycles. The fourth-order valence-electron chi connectivity index (χ4n) is 3.93. The molecule has 2 amide bonds. The van der Waals surface area contributed by atoms with E-state index in [1.54, 1.807) is 6.20 Å². The van der Waals surface area contributed by atoms with Crippen LogP contribution < -0.4 is 5.32 Å². The summed E-state index contributed by atoms with van der Waals surface area (Å²) < 4.78 is 1.53. The summed E-state index contributed by atoms with van der Waals surface area (Å²) in [7, 11) is 0. The van der Waals surface area contributed by atoms with Gasteiger partial charge in [-0.2, -0.15) is 5.10 Å². The number of carboxylic acid groups (broad SMARTS) is 1. The van der Waals surface area contributed by atoms with Gasteiger partial charge in [0.2, 0.25) is 5.91 Å². The molecule has 2 N–H and O–H groups in total. The third-order valence-electron chi connectivity index (χ3n) is 5.40. The Bertz CT molecular complexity index is 1110. The third-order valence-corrected chi connectivity index (χ3v) is 5.40. The molecule has 0 radical (unpaired) electrons. The fourth-order valence-corrected chi connectivity index (χ4v) is 3.93. The molecule has 0 spiro atoms. The van der Waals surface area contributed by atoms with E-state index < -0.39 is 17.8 Å². The quantitative estimate of drug-likeness (QED) is 0.663. The zero-order valence-corrected chi connectivity index (χ0v) is 16.9. The highest BCUT2D eigenvalue weighted by atomic mass is 16.4. The molecule has 1 aromatic heterocycles. The van der Waals surface area contributed by atoms with Gasteiger partial charge < -0.3 is 15.3 Å². The minimum absolute atomic E-state index is 0.0748. The second-order valence-corrected chi connectivity index (χ2v) is 7.52. The van der Waals surface area contributed by atoms with E-state index in [1.165, 1.54) is 16.5 Å². The number of anilines is 1. The maximum atomic E-state index is 13.3. The van der Waals surface area contributed by atoms with Crippen LogP contribution >= 0.6 is 0 Å². The number of rotatable bonds is 5. The van der Waals surface area contributed by atoms with Crippen LogP contribution in [-0.4, -0.2) is 50.7 Å². The van der Waals surface area contributed by atoms with Crippen LogP contribution in [-0.2, 0) is 9.59 Å². The maximum Gasteiger partial charge on any atom is 0.308 e. The van der Waals surface area contributed by atoms with Crippen molar-refractivity contribution >= 4 is 23.5 Å². The van der Waals surface area contributed by atoms with Crippen molar-refractivity contribution in [2.75, 3.05) is 18.4 Å². The molecule has 1 saturated heterocycles. The van der Waals surface area contributed by atoms with Gasteiger partial charge in [0.15, 0.2) is 5.69 Å². The number of hydrogen-bond donors (Lipinski definition) is 2. The van der Waals surface area contributed by atoms with E-state index in [9.17, 15) is 19.5 Å². The SMILES string of the molecule is CC(=O)Nc1cn(-c2ccccc2)nc1C(=O)N1C[C@@H](C(=O)O)[C@H](c2ccccc2)C1. The summed E-state index contributed by atoms with van der Waals surface area (Å²) in [5.41, 5.74) is 1.98. The van der Waals surface area contributed by atoms with Crippen molar-refractivity contribution in [2.24, 2.45) is 5.92 Å². The number of aliphatic carboxylic acids is 1. The molecule has 1 aliphatic heterocycles. The number of aromatic nitrogens is 2. The third kappa shape index (κ3) is 4.18. The lowest BCUT2D eigenvalue weighted by Gasteiger charge is -2.16. The predicted octanol–water partition coefficient (Wildman–Crippen LogP) is 2.77. The van der Waals surface area contributed by atoms with Crippen LogP contribution in [0.3, 0.4) is 0 Å². The van der Waals surface area contributed by atoms with Gasteiger partial charge in [-0.25, -0.2) is 4.68 Å². The van der Waals surface area contributed by atoms with Crippen molar-refractivity contribution in [3.63, 3.8) is 0 Å². The summed E-state index contributed by atoms with van der Waals surface area (Å²) >= 11 is 0. The lowest BCUT2D eigenvalue weighted by Crippen LogP contribution is -2.31. The van der Waals surface area contributed by atoms with Gasteiger partial charge in [0.1, 0.15) is 0 Å². The molecule has 0 aliphatic carbocycles. The first-order valence-corrected chi connectivity index (χ1v) is 9.93. The van der Waals surface area contributed by atoms with Crippen molar-refractivity contribution in [2.45, 2.75) is 12.8 Å². The Morgan fingerprint density at radius 2 is 1.65 bits per heavy atom. The van der Waals surface area contributed by atoms with E-state index in [2.05, 4.69) is 10.4 Å². The Morgan fingerprint density at radius 1 is 1.00 bits per heavy atom. The van der Waals surface area contributed by atoms with Crippen molar-refractivity contribution < 1.29 is 19.5 Å². The molecule has 1 aliphatic rings. The van der Waals surface area contributed by atoms with E-state index in [1.807, 2.05) is 60.7 Å². The first kappa shape index (κ1) is 20.3. The predicted molar refractivity (Wildman–Crippen MR) is 114 cm³/mol. The zero-order chi connectivity index (χ0) is 22.0. The second kappa shape index (κ2) is 8.43. The molecule has 1 fully saturated rings. The summed E-state index contributed by atoms with van der Waals surface area (Å²) in [6.45, 7) is 1.69. The highest BCUT2D eigenvalue weighted by molar-refractivity contribution is 6.02. The number of likely N-dealkylation sites (tertiary alicyclic amines) is 1. The average molecular weight is 418 g/mol. The van der Waals surface area contributed by atoms with Crippen molar-refractivity contribution in [3.8, 4) is 5.69 Å². The highest BCUT2D eigenvalue weighted by Gasteiger charge is 2.41. The Kier molecular flexibility index (Phi) is 5.53. The Hall–Kier alpha value is -3.94. The zero-order valence-electron chi connectivity index (χ0n) is 16.9. The Morgan fingerprint density at radius 3 is 2.26 bits per heavy atom. The molecule has 0 bridgehead atoms. The normalized spacial score (nSPS) is 18.0. The number of hydrogen-bond acceptors (Lipinski definition) is 4. The van der Waals surface area contributed by atoms with Crippen LogP contribution in [0.4, 0.5) is 5.69 Å². The maximum absolute atomic E-state index is 13.3. The monoisotopic (exact) mass is 418 g/mol. The summed E-state index contributed by atoms with van der Waals surface area (Å²) in [5, 5.41) is 16.8. The van der Waals surface area contributed by atoms with Crippen LogP contribution in [0.1, 0.15) is 28.9 Å². The lowest BCUT2D eigenvalue weighted by molar-refractivity contribution is -0.141. The number of carbonyl (C=O) groups is 3. The topological polar surface area (TPSA) is 105 Å². The van der Waals surface area contributed by atoms with Crippen LogP contribution in [0.2, 0.25) is 0 Å². The molecule has 2 aromatic carbocycles.